The molecule has 0 bridgehead atoms. The van der Waals surface area contributed by atoms with Crippen molar-refractivity contribution in [3.63, 3.8) is 0 Å². The molecule has 0 N–H and O–H groups in total. The molecule has 0 radical (unpaired) electrons. The van der Waals surface area contributed by atoms with E-state index in [0.717, 1.165) is 5.56 Å². The van der Waals surface area contributed by atoms with E-state index in [2.05, 4.69) is 0 Å². The van der Waals surface area contributed by atoms with Crippen molar-refractivity contribution in [3.05, 3.63) is 89.5 Å². The number of aldehydes is 1. The van der Waals surface area contributed by atoms with Crippen LogP contribution in [-0.4, -0.2) is 6.29 Å². The summed E-state index contributed by atoms with van der Waals surface area (Å²) in [5, 5.41) is 0. The molecule has 0 unspecified atom stereocenters. The molecule has 0 aliphatic carbocycles. The molecule has 0 aliphatic rings. The average molecular weight is 324 g/mol. The van der Waals surface area contributed by atoms with E-state index in [1.165, 1.54) is 12.1 Å². The second kappa shape index (κ2) is 7.04. The predicted molar refractivity (Wildman–Crippen MR) is 88.0 cm³/mol. The lowest BCUT2D eigenvalue weighted by molar-refractivity contribution is 0.112. The number of ether oxygens (including phenoxy) is 1. The molecule has 0 fully saturated rings. The third-order valence-corrected chi connectivity index (χ3v) is 3.66. The third kappa shape index (κ3) is 3.18. The van der Waals surface area contributed by atoms with E-state index >= 15 is 0 Å². The third-order valence-electron chi connectivity index (χ3n) is 3.66. The van der Waals surface area contributed by atoms with Gasteiger partial charge in [-0.25, -0.2) is 4.39 Å². The molecule has 2 nitrogen and oxygen atoms in total. The Balaban J connectivity index is 1.90. The summed E-state index contributed by atoms with van der Waals surface area (Å²) in [6.45, 7) is 0.140. The van der Waals surface area contributed by atoms with Crippen molar-refractivity contribution in [1.82, 2.24) is 0 Å². The highest BCUT2D eigenvalue weighted by Crippen LogP contribution is 2.31. The summed E-state index contributed by atoms with van der Waals surface area (Å²) < 4.78 is 34.1. The van der Waals surface area contributed by atoms with Gasteiger partial charge in [0.05, 0.1) is 0 Å². The Kier molecular flexibility index (Phi) is 4.66. The van der Waals surface area contributed by atoms with E-state index < -0.39 is 11.6 Å². The summed E-state index contributed by atoms with van der Waals surface area (Å²) in [6, 6.07) is 18.5. The predicted octanol–water partition coefficient (Wildman–Crippen LogP) is 5.02. The van der Waals surface area contributed by atoms with Gasteiger partial charge in [0, 0.05) is 11.1 Å². The highest BCUT2D eigenvalue weighted by atomic mass is 19.2. The monoisotopic (exact) mass is 324 g/mol. The van der Waals surface area contributed by atoms with Crippen LogP contribution in [0.4, 0.5) is 8.78 Å². The number of carbonyl (C=O) groups excluding carboxylic acids is 1. The minimum absolute atomic E-state index is 0.0299. The van der Waals surface area contributed by atoms with Crippen LogP contribution < -0.4 is 4.74 Å². The zero-order chi connectivity index (χ0) is 16.9. The van der Waals surface area contributed by atoms with Crippen LogP contribution in [-0.2, 0) is 6.61 Å². The Hall–Kier alpha value is -3.01. The number of hydrogen-bond acceptors (Lipinski definition) is 2. The number of rotatable bonds is 5. The first-order chi connectivity index (χ1) is 11.7. The van der Waals surface area contributed by atoms with E-state index in [9.17, 15) is 13.6 Å². The van der Waals surface area contributed by atoms with Crippen LogP contribution >= 0.6 is 0 Å². The van der Waals surface area contributed by atoms with Gasteiger partial charge in [-0.05, 0) is 23.3 Å². The molecule has 0 aliphatic heterocycles. The summed E-state index contributed by atoms with van der Waals surface area (Å²) in [5.41, 5.74) is 1.53. The zero-order valence-corrected chi connectivity index (χ0v) is 12.7. The molecule has 3 aromatic carbocycles. The smallest absolute Gasteiger partial charge is 0.201 e. The molecular weight excluding hydrogens is 310 g/mol. The van der Waals surface area contributed by atoms with E-state index in [-0.39, 0.29) is 17.9 Å². The topological polar surface area (TPSA) is 26.3 Å². The molecule has 0 saturated carbocycles. The molecule has 0 atom stereocenters. The van der Waals surface area contributed by atoms with Crippen molar-refractivity contribution in [2.24, 2.45) is 0 Å². The summed E-state index contributed by atoms with van der Waals surface area (Å²) >= 11 is 0. The molecule has 4 heteroatoms. The minimum Gasteiger partial charge on any atom is -0.486 e. The van der Waals surface area contributed by atoms with Crippen LogP contribution in [0, 0.1) is 11.6 Å². The highest BCUT2D eigenvalue weighted by Gasteiger charge is 2.17. The summed E-state index contributed by atoms with van der Waals surface area (Å²) in [7, 11) is 0. The van der Waals surface area contributed by atoms with E-state index in [4.69, 9.17) is 4.74 Å². The Morgan fingerprint density at radius 1 is 0.792 bits per heavy atom. The van der Waals surface area contributed by atoms with Gasteiger partial charge in [0.15, 0.2) is 17.9 Å². The molecule has 0 aromatic heterocycles. The van der Waals surface area contributed by atoms with Crippen molar-refractivity contribution in [1.29, 1.82) is 0 Å². The molecule has 3 rings (SSSR count). The van der Waals surface area contributed by atoms with Gasteiger partial charge in [0.25, 0.3) is 0 Å². The van der Waals surface area contributed by atoms with Gasteiger partial charge in [-0.3, -0.25) is 4.79 Å². The summed E-state index contributed by atoms with van der Waals surface area (Å²) in [5.74, 6) is -2.26. The first-order valence-electron chi connectivity index (χ1n) is 7.40. The second-order valence-electron chi connectivity index (χ2n) is 5.22. The Bertz CT molecular complexity index is 861. The first-order valence-corrected chi connectivity index (χ1v) is 7.40. The van der Waals surface area contributed by atoms with Crippen LogP contribution in [0.2, 0.25) is 0 Å². The molecule has 0 spiro atoms. The molecule has 0 amide bonds. The lowest BCUT2D eigenvalue weighted by atomic mass is 9.99. The number of carbonyl (C=O) groups is 1. The average Bonchev–Trinajstić information content (AvgIpc) is 2.64. The Labute approximate surface area is 138 Å². The summed E-state index contributed by atoms with van der Waals surface area (Å²) in [4.78, 5) is 11.1. The van der Waals surface area contributed by atoms with Gasteiger partial charge in [-0.15, -0.1) is 0 Å². The fourth-order valence-electron chi connectivity index (χ4n) is 2.43. The molecule has 24 heavy (non-hydrogen) atoms. The van der Waals surface area contributed by atoms with E-state index in [1.54, 1.807) is 24.3 Å². The van der Waals surface area contributed by atoms with Crippen LogP contribution in [0.5, 0.6) is 5.75 Å². The summed E-state index contributed by atoms with van der Waals surface area (Å²) in [6.07, 6.45) is 0.618. The van der Waals surface area contributed by atoms with Crippen LogP contribution in [0.25, 0.3) is 11.1 Å². The lowest BCUT2D eigenvalue weighted by Gasteiger charge is -2.11. The highest BCUT2D eigenvalue weighted by molar-refractivity contribution is 5.87. The second-order valence-corrected chi connectivity index (χ2v) is 5.22. The fourth-order valence-corrected chi connectivity index (χ4v) is 2.43. The van der Waals surface area contributed by atoms with Crippen molar-refractivity contribution in [2.75, 3.05) is 0 Å². The Morgan fingerprint density at radius 2 is 1.50 bits per heavy atom. The molecule has 3 aromatic rings. The minimum atomic E-state index is -1.07. The maximum atomic E-state index is 14.4. The standard InChI is InChI=1S/C20H14F2O2/c21-19-17(16-9-5-4-8-15(16)12-23)10-11-18(20(19)22)24-13-14-6-2-1-3-7-14/h1-12H,13H2. The van der Waals surface area contributed by atoms with Gasteiger partial charge in [-0.1, -0.05) is 54.6 Å². The molecular formula is C20H14F2O2. The van der Waals surface area contributed by atoms with Gasteiger partial charge in [0.2, 0.25) is 5.82 Å². The fraction of sp³-hybridized carbons (Fsp3) is 0.0500. The first kappa shape index (κ1) is 15.9. The van der Waals surface area contributed by atoms with Crippen molar-refractivity contribution >= 4 is 6.29 Å². The lowest BCUT2D eigenvalue weighted by Crippen LogP contribution is -2.00. The molecule has 0 heterocycles. The maximum Gasteiger partial charge on any atom is 0.201 e. The van der Waals surface area contributed by atoms with Crippen LogP contribution in [0.3, 0.4) is 0 Å². The largest absolute Gasteiger partial charge is 0.486 e. The number of benzene rings is 3. The van der Waals surface area contributed by atoms with Gasteiger partial charge < -0.3 is 4.74 Å². The van der Waals surface area contributed by atoms with Gasteiger partial charge >= 0.3 is 0 Å². The van der Waals surface area contributed by atoms with E-state index in [1.807, 2.05) is 30.3 Å². The van der Waals surface area contributed by atoms with Crippen molar-refractivity contribution in [2.45, 2.75) is 6.61 Å². The zero-order valence-electron chi connectivity index (χ0n) is 12.7. The van der Waals surface area contributed by atoms with Gasteiger partial charge in [0.1, 0.15) is 6.61 Å². The Morgan fingerprint density at radius 3 is 2.25 bits per heavy atom. The maximum absolute atomic E-state index is 14.4. The van der Waals surface area contributed by atoms with Gasteiger partial charge in [-0.2, -0.15) is 4.39 Å². The normalized spacial score (nSPS) is 10.4. The van der Waals surface area contributed by atoms with Crippen molar-refractivity contribution in [3.8, 4) is 16.9 Å². The molecule has 120 valence electrons. The number of halogens is 2. The molecule has 0 saturated heterocycles. The quantitative estimate of drug-likeness (QED) is 0.616. The van der Waals surface area contributed by atoms with Crippen LogP contribution in [0.1, 0.15) is 15.9 Å². The number of hydrogen-bond donors (Lipinski definition) is 0. The van der Waals surface area contributed by atoms with E-state index in [0.29, 0.717) is 17.4 Å². The van der Waals surface area contributed by atoms with Crippen LogP contribution in [0.15, 0.2) is 66.7 Å². The SMILES string of the molecule is O=Cc1ccccc1-c1ccc(OCc2ccccc2)c(F)c1F. The van der Waals surface area contributed by atoms with Crippen molar-refractivity contribution < 1.29 is 18.3 Å².